The summed E-state index contributed by atoms with van der Waals surface area (Å²) in [5.41, 5.74) is 7.84. The van der Waals surface area contributed by atoms with Crippen LogP contribution in [0.5, 0.6) is 0 Å². The van der Waals surface area contributed by atoms with Crippen molar-refractivity contribution in [3.63, 3.8) is 0 Å². The summed E-state index contributed by atoms with van der Waals surface area (Å²) >= 11 is 0. The van der Waals surface area contributed by atoms with E-state index in [0.29, 0.717) is 13.1 Å². The lowest BCUT2D eigenvalue weighted by Crippen LogP contribution is -2.39. The van der Waals surface area contributed by atoms with Crippen molar-refractivity contribution in [1.29, 1.82) is 5.26 Å². The molecule has 0 unspecified atom stereocenters. The van der Waals surface area contributed by atoms with Crippen molar-refractivity contribution in [2.75, 3.05) is 23.7 Å². The normalized spacial score (nSPS) is 13.6. The second kappa shape index (κ2) is 9.78. The van der Waals surface area contributed by atoms with E-state index in [1.807, 2.05) is 35.2 Å². The summed E-state index contributed by atoms with van der Waals surface area (Å²) in [6, 6.07) is 11.6. The molecular formula is C22H27N5O2. The quantitative estimate of drug-likeness (QED) is 0.671. The maximum Gasteiger partial charge on any atom is 0.330 e. The Kier molecular flexibility index (Phi) is 6.90. The minimum atomic E-state index is -0.532. The summed E-state index contributed by atoms with van der Waals surface area (Å²) in [5, 5.41) is 9.05. The molecule has 2 aromatic rings. The van der Waals surface area contributed by atoms with Crippen LogP contribution in [-0.4, -0.2) is 22.6 Å². The van der Waals surface area contributed by atoms with Crippen LogP contribution in [0.15, 0.2) is 51.6 Å². The summed E-state index contributed by atoms with van der Waals surface area (Å²) in [7, 11) is 0. The number of nitrogens with two attached hydrogens (primary N) is 1. The Morgan fingerprint density at radius 3 is 2.66 bits per heavy atom. The molecule has 0 amide bonds. The zero-order valence-electron chi connectivity index (χ0n) is 16.6. The van der Waals surface area contributed by atoms with Gasteiger partial charge in [0.2, 0.25) is 0 Å². The number of hydrogen-bond acceptors (Lipinski definition) is 5. The molecule has 0 saturated heterocycles. The number of nitrogen functional groups attached to an aromatic ring is 1. The van der Waals surface area contributed by atoms with Crippen molar-refractivity contribution in [2.24, 2.45) is 0 Å². The fraction of sp³-hybridized carbons (Fsp3) is 0.409. The summed E-state index contributed by atoms with van der Waals surface area (Å²) in [4.78, 5) is 29.3. The summed E-state index contributed by atoms with van der Waals surface area (Å²) in [5.74, 6) is 0.137. The van der Waals surface area contributed by atoms with Gasteiger partial charge in [-0.3, -0.25) is 14.3 Å². The van der Waals surface area contributed by atoms with Gasteiger partial charge in [0, 0.05) is 13.1 Å². The van der Waals surface area contributed by atoms with Crippen LogP contribution in [0.4, 0.5) is 11.5 Å². The van der Waals surface area contributed by atoms with Gasteiger partial charge in [0.25, 0.3) is 5.56 Å². The predicted octanol–water partition coefficient (Wildman–Crippen LogP) is 2.78. The summed E-state index contributed by atoms with van der Waals surface area (Å²) < 4.78 is 1.38. The molecule has 0 saturated carbocycles. The molecule has 0 radical (unpaired) electrons. The highest BCUT2D eigenvalue weighted by Gasteiger charge is 2.19. The van der Waals surface area contributed by atoms with Gasteiger partial charge in [-0.15, -0.1) is 0 Å². The number of nitriles is 1. The van der Waals surface area contributed by atoms with Gasteiger partial charge in [-0.05, 0) is 37.7 Å². The number of nitrogens with zero attached hydrogens (tertiary/aromatic N) is 3. The molecule has 0 atom stereocenters. The minimum Gasteiger partial charge on any atom is -0.383 e. The molecule has 0 aliphatic heterocycles. The summed E-state index contributed by atoms with van der Waals surface area (Å²) in [6.45, 7) is 1.25. The molecule has 1 aromatic carbocycles. The fourth-order valence-electron chi connectivity index (χ4n) is 3.74. The smallest absolute Gasteiger partial charge is 0.330 e. The van der Waals surface area contributed by atoms with Gasteiger partial charge in [0.15, 0.2) is 0 Å². The topological polar surface area (TPSA) is 108 Å². The van der Waals surface area contributed by atoms with Gasteiger partial charge in [-0.1, -0.05) is 42.0 Å². The van der Waals surface area contributed by atoms with Crippen LogP contribution in [0.1, 0.15) is 44.1 Å². The molecule has 29 heavy (non-hydrogen) atoms. The molecule has 1 aromatic heterocycles. The highest BCUT2D eigenvalue weighted by atomic mass is 16.2. The zero-order valence-corrected chi connectivity index (χ0v) is 16.6. The van der Waals surface area contributed by atoms with Crippen molar-refractivity contribution in [1.82, 2.24) is 9.55 Å². The van der Waals surface area contributed by atoms with Gasteiger partial charge in [0.1, 0.15) is 11.5 Å². The first kappa shape index (κ1) is 20.5. The second-order valence-corrected chi connectivity index (χ2v) is 7.32. The van der Waals surface area contributed by atoms with Gasteiger partial charge in [-0.2, -0.15) is 5.26 Å². The van der Waals surface area contributed by atoms with Crippen LogP contribution in [0, 0.1) is 11.3 Å². The third-order valence-electron chi connectivity index (χ3n) is 5.30. The Bertz CT molecular complexity index is 1010. The van der Waals surface area contributed by atoms with Crippen molar-refractivity contribution in [3.8, 4) is 6.07 Å². The van der Waals surface area contributed by atoms with E-state index in [1.165, 1.54) is 23.0 Å². The van der Waals surface area contributed by atoms with Crippen LogP contribution in [0.25, 0.3) is 0 Å². The maximum absolute atomic E-state index is 12.6. The summed E-state index contributed by atoms with van der Waals surface area (Å²) in [6.07, 6.45) is 7.95. The third-order valence-corrected chi connectivity index (χ3v) is 5.30. The number of H-pyrrole nitrogens is 1. The average Bonchev–Trinajstić information content (AvgIpc) is 2.74. The fourth-order valence-corrected chi connectivity index (χ4v) is 3.74. The third kappa shape index (κ3) is 5.17. The van der Waals surface area contributed by atoms with Crippen molar-refractivity contribution < 1.29 is 0 Å². The number of allylic oxidation sites excluding steroid dienone is 1. The predicted molar refractivity (Wildman–Crippen MR) is 115 cm³/mol. The van der Waals surface area contributed by atoms with Crippen molar-refractivity contribution >= 4 is 11.5 Å². The zero-order chi connectivity index (χ0) is 20.6. The Balaban J connectivity index is 1.92. The Morgan fingerprint density at radius 1 is 1.17 bits per heavy atom. The van der Waals surface area contributed by atoms with Gasteiger partial charge >= 0.3 is 5.69 Å². The monoisotopic (exact) mass is 393 g/mol. The van der Waals surface area contributed by atoms with Crippen LogP contribution in [0.2, 0.25) is 0 Å². The molecular weight excluding hydrogens is 366 g/mol. The standard InChI is InChI=1S/C22H27N5O2/c23-13-7-14-26(15-12-17-8-3-1-4-9-17)19-20(24)27(22(29)25-21(19)28)16-18-10-5-2-6-11-18/h2,5-6,8,10-11H,1,3-4,7,9,12,14-16,24H2,(H,25,28,29). The lowest BCUT2D eigenvalue weighted by atomic mass is 9.97. The van der Waals surface area contributed by atoms with E-state index in [0.717, 1.165) is 24.8 Å². The molecule has 0 fully saturated rings. The number of aromatic amines is 1. The molecule has 3 rings (SSSR count). The largest absolute Gasteiger partial charge is 0.383 e. The Morgan fingerprint density at radius 2 is 1.97 bits per heavy atom. The first-order chi connectivity index (χ1) is 14.1. The first-order valence-electron chi connectivity index (χ1n) is 10.1. The van der Waals surface area contributed by atoms with Gasteiger partial charge in [0.05, 0.1) is 19.0 Å². The second-order valence-electron chi connectivity index (χ2n) is 7.32. The molecule has 1 heterocycles. The number of hydrogen-bond donors (Lipinski definition) is 2. The first-order valence-corrected chi connectivity index (χ1v) is 10.1. The molecule has 0 spiro atoms. The van der Waals surface area contributed by atoms with E-state index in [4.69, 9.17) is 11.0 Å². The van der Waals surface area contributed by atoms with Crippen LogP contribution in [0.3, 0.4) is 0 Å². The lowest BCUT2D eigenvalue weighted by Gasteiger charge is -2.26. The Hall–Kier alpha value is -3.27. The van der Waals surface area contributed by atoms with E-state index in [9.17, 15) is 9.59 Å². The molecule has 3 N–H and O–H groups in total. The highest BCUT2D eigenvalue weighted by molar-refractivity contribution is 5.62. The molecule has 0 bridgehead atoms. The van der Waals surface area contributed by atoms with E-state index in [-0.39, 0.29) is 24.5 Å². The molecule has 7 nitrogen and oxygen atoms in total. The number of rotatable bonds is 8. The molecule has 1 aliphatic carbocycles. The number of anilines is 2. The van der Waals surface area contributed by atoms with E-state index in [1.54, 1.807) is 0 Å². The van der Waals surface area contributed by atoms with Crippen LogP contribution in [-0.2, 0) is 6.54 Å². The maximum atomic E-state index is 12.6. The average molecular weight is 393 g/mol. The highest BCUT2D eigenvalue weighted by Crippen LogP contribution is 2.23. The number of benzene rings is 1. The van der Waals surface area contributed by atoms with Crippen LogP contribution < -0.4 is 21.9 Å². The molecule has 152 valence electrons. The number of nitrogens with one attached hydrogen (secondary N) is 1. The van der Waals surface area contributed by atoms with Crippen molar-refractivity contribution in [2.45, 2.75) is 45.1 Å². The van der Waals surface area contributed by atoms with Crippen LogP contribution >= 0.6 is 0 Å². The Labute approximate surface area is 170 Å². The van der Waals surface area contributed by atoms with Gasteiger partial charge < -0.3 is 10.6 Å². The van der Waals surface area contributed by atoms with Gasteiger partial charge in [-0.25, -0.2) is 4.79 Å². The SMILES string of the molecule is N#CCCN(CCC1=CCCCC1)c1c(N)n(Cc2ccccc2)c(=O)[nH]c1=O. The minimum absolute atomic E-state index is 0.137. The van der Waals surface area contributed by atoms with E-state index < -0.39 is 11.2 Å². The van der Waals surface area contributed by atoms with E-state index >= 15 is 0 Å². The molecule has 1 aliphatic rings. The van der Waals surface area contributed by atoms with Crippen molar-refractivity contribution in [3.05, 3.63) is 68.4 Å². The van der Waals surface area contributed by atoms with E-state index in [2.05, 4.69) is 17.1 Å². The molecule has 7 heteroatoms. The number of aromatic nitrogens is 2. The lowest BCUT2D eigenvalue weighted by molar-refractivity contribution is 0.659.